The third-order valence-electron chi connectivity index (χ3n) is 6.30. The average Bonchev–Trinajstić information content (AvgIpc) is 3.13. The Balaban J connectivity index is 2.08. The monoisotopic (exact) mass is 467 g/mol. The Morgan fingerprint density at radius 1 is 0.853 bits per heavy atom. The van der Waals surface area contributed by atoms with Gasteiger partial charge in [-0.05, 0) is 16.7 Å². The van der Waals surface area contributed by atoms with Crippen molar-refractivity contribution in [2.75, 3.05) is 28.4 Å². The highest BCUT2D eigenvalue weighted by Crippen LogP contribution is 2.46. The lowest BCUT2D eigenvalue weighted by Gasteiger charge is -2.35. The lowest BCUT2D eigenvalue weighted by atomic mass is 9.77. The van der Waals surface area contributed by atoms with E-state index in [0.29, 0.717) is 0 Å². The minimum Gasteiger partial charge on any atom is -0.352 e. The predicted molar refractivity (Wildman–Crippen MR) is 127 cm³/mol. The molecule has 0 fully saturated rings. The van der Waals surface area contributed by atoms with Crippen molar-refractivity contribution >= 4 is 6.08 Å². The van der Waals surface area contributed by atoms with Crippen molar-refractivity contribution in [1.82, 2.24) is 14.3 Å². The van der Waals surface area contributed by atoms with Gasteiger partial charge in [-0.1, -0.05) is 54.6 Å². The Labute approximate surface area is 197 Å². The number of aromatic amines is 1. The van der Waals surface area contributed by atoms with Crippen molar-refractivity contribution in [3.63, 3.8) is 0 Å². The molecule has 1 aliphatic carbocycles. The van der Waals surface area contributed by atoms with Gasteiger partial charge in [0, 0.05) is 52.5 Å². The van der Waals surface area contributed by atoms with E-state index in [1.807, 2.05) is 54.6 Å². The highest BCUT2D eigenvalue weighted by Gasteiger charge is 2.37. The van der Waals surface area contributed by atoms with E-state index in [4.69, 9.17) is 18.9 Å². The van der Waals surface area contributed by atoms with Crippen LogP contribution in [0.15, 0.2) is 58.1 Å². The van der Waals surface area contributed by atoms with Crippen LogP contribution in [-0.4, -0.2) is 42.8 Å². The van der Waals surface area contributed by atoms with Crippen LogP contribution < -0.4 is 11.4 Å². The number of allylic oxidation sites excluding steroid dienone is 1. The maximum Gasteiger partial charge on any atom is 0.347 e. The molecule has 0 aliphatic heterocycles. The summed E-state index contributed by atoms with van der Waals surface area (Å²) >= 11 is 0. The molecule has 0 unspecified atom stereocenters. The Morgan fingerprint density at radius 2 is 1.44 bits per heavy atom. The van der Waals surface area contributed by atoms with Crippen molar-refractivity contribution < 1.29 is 18.9 Å². The van der Waals surface area contributed by atoms with Gasteiger partial charge in [-0.25, -0.2) is 23.9 Å². The van der Waals surface area contributed by atoms with Gasteiger partial charge in [0.25, 0.3) is 0 Å². The fraction of sp³-hybridized carbons (Fsp3) is 0.360. The number of rotatable bonds is 8. The first-order chi connectivity index (χ1) is 16.5. The number of hydrogen-bond acceptors (Lipinski definition) is 6. The first-order valence-electron chi connectivity index (χ1n) is 10.8. The zero-order chi connectivity index (χ0) is 24.4. The number of nitrogens with one attached hydrogen (secondary N) is 1. The molecular formula is C25H29N3O6. The third kappa shape index (κ3) is 3.97. The summed E-state index contributed by atoms with van der Waals surface area (Å²) in [5.41, 5.74) is 3.17. The van der Waals surface area contributed by atoms with E-state index in [1.54, 1.807) is 28.4 Å². The molecule has 0 radical (unpaired) electrons. The molecule has 0 saturated carbocycles. The molecule has 2 aromatic carbocycles. The number of methoxy groups -OCH3 is 4. The van der Waals surface area contributed by atoms with Crippen LogP contribution in [0.4, 0.5) is 0 Å². The Kier molecular flexibility index (Phi) is 6.99. The van der Waals surface area contributed by atoms with Crippen molar-refractivity contribution in [3.05, 3.63) is 97.3 Å². The Bertz CT molecular complexity index is 1280. The van der Waals surface area contributed by atoms with Crippen molar-refractivity contribution in [1.29, 1.82) is 0 Å². The van der Waals surface area contributed by atoms with Crippen molar-refractivity contribution in [3.8, 4) is 0 Å². The number of nitrogens with zero attached hydrogens (tertiary/aromatic N) is 2. The predicted octanol–water partition coefficient (Wildman–Crippen LogP) is 2.86. The molecule has 2 atom stereocenters. The lowest BCUT2D eigenvalue weighted by Crippen LogP contribution is -2.34. The largest absolute Gasteiger partial charge is 0.352 e. The van der Waals surface area contributed by atoms with Gasteiger partial charge in [0.05, 0.1) is 6.04 Å². The first kappa shape index (κ1) is 23.9. The fourth-order valence-electron chi connectivity index (χ4n) is 4.70. The smallest absolute Gasteiger partial charge is 0.347 e. The zero-order valence-corrected chi connectivity index (χ0v) is 19.8. The summed E-state index contributed by atoms with van der Waals surface area (Å²) in [4.78, 5) is 25.6. The highest BCUT2D eigenvalue weighted by molar-refractivity contribution is 5.66. The van der Waals surface area contributed by atoms with Crippen LogP contribution >= 0.6 is 0 Å². The van der Waals surface area contributed by atoms with Crippen molar-refractivity contribution in [2.24, 2.45) is 7.05 Å². The number of ether oxygens (including phenoxy) is 4. The summed E-state index contributed by atoms with van der Waals surface area (Å²) in [5.74, 6) is -0.253. The van der Waals surface area contributed by atoms with Crippen LogP contribution in [0.25, 0.3) is 6.08 Å². The molecule has 1 aliphatic rings. The van der Waals surface area contributed by atoms with Crippen molar-refractivity contribution in [2.45, 2.75) is 24.5 Å². The van der Waals surface area contributed by atoms with E-state index in [2.05, 4.69) is 5.10 Å². The van der Waals surface area contributed by atoms with E-state index in [0.717, 1.165) is 32.4 Å². The van der Waals surface area contributed by atoms with Crippen LogP contribution in [0, 0.1) is 0 Å². The summed E-state index contributed by atoms with van der Waals surface area (Å²) in [6.07, 6.45) is 2.71. The topological polar surface area (TPSA) is 96.7 Å². The van der Waals surface area contributed by atoms with Gasteiger partial charge in [-0.15, -0.1) is 0 Å². The molecule has 180 valence electrons. The molecule has 1 aromatic heterocycles. The summed E-state index contributed by atoms with van der Waals surface area (Å²) in [6, 6.07) is 13.0. The average molecular weight is 468 g/mol. The minimum atomic E-state index is -0.692. The maximum atomic E-state index is 13.2. The van der Waals surface area contributed by atoms with Gasteiger partial charge in [-0.3, -0.25) is 0 Å². The standard InChI is InChI=1S/C25H29N3O6/c1-27-24(29)26-28(25(27)30)21-16(15-9-7-6-8-10-15)11-12-17-18(22(31-2)32-3)13-14-19(20(17)21)23(33-4)34-5/h6-14,16,21-23H,1-5H3,(H,26,29)/t16-,21-/m1/s1. The van der Waals surface area contributed by atoms with E-state index < -0.39 is 30.0 Å². The summed E-state index contributed by atoms with van der Waals surface area (Å²) in [7, 11) is 7.70. The van der Waals surface area contributed by atoms with Crippen LogP contribution in [0.2, 0.25) is 0 Å². The second kappa shape index (κ2) is 9.94. The van der Waals surface area contributed by atoms with Gasteiger partial charge in [0.1, 0.15) is 0 Å². The Morgan fingerprint density at radius 3 is 2.00 bits per heavy atom. The fourth-order valence-corrected chi connectivity index (χ4v) is 4.70. The quantitative estimate of drug-likeness (QED) is 0.512. The van der Waals surface area contributed by atoms with E-state index in [-0.39, 0.29) is 5.92 Å². The molecule has 9 heteroatoms. The molecule has 0 bridgehead atoms. The summed E-state index contributed by atoms with van der Waals surface area (Å²) < 4.78 is 24.8. The Hall–Kier alpha value is -3.24. The minimum absolute atomic E-state index is 0.253. The molecule has 0 spiro atoms. The van der Waals surface area contributed by atoms with Gasteiger partial charge >= 0.3 is 11.4 Å². The van der Waals surface area contributed by atoms with Crippen LogP contribution in [0.1, 0.15) is 52.4 Å². The van der Waals surface area contributed by atoms with Crippen LogP contribution in [0.3, 0.4) is 0 Å². The summed E-state index contributed by atoms with van der Waals surface area (Å²) in [5, 5.41) is 2.74. The third-order valence-corrected chi connectivity index (χ3v) is 6.30. The van der Waals surface area contributed by atoms with Crippen LogP contribution in [-0.2, 0) is 26.0 Å². The molecule has 34 heavy (non-hydrogen) atoms. The molecule has 3 aromatic rings. The van der Waals surface area contributed by atoms with Crippen LogP contribution in [0.5, 0.6) is 0 Å². The number of hydrogen-bond donors (Lipinski definition) is 1. The molecule has 1 heterocycles. The van der Waals surface area contributed by atoms with Gasteiger partial charge in [-0.2, -0.15) is 0 Å². The van der Waals surface area contributed by atoms with Gasteiger partial charge in [0.2, 0.25) is 0 Å². The number of benzene rings is 2. The number of H-pyrrole nitrogens is 1. The molecule has 1 N–H and O–H groups in total. The number of aromatic nitrogens is 3. The molecule has 9 nitrogen and oxygen atoms in total. The first-order valence-corrected chi connectivity index (χ1v) is 10.8. The maximum absolute atomic E-state index is 13.2. The van der Waals surface area contributed by atoms with E-state index in [1.165, 1.54) is 11.7 Å². The second-order valence-electron chi connectivity index (χ2n) is 8.05. The highest BCUT2D eigenvalue weighted by atomic mass is 16.7. The van der Waals surface area contributed by atoms with Gasteiger partial charge in [0.15, 0.2) is 12.6 Å². The molecule has 4 rings (SSSR count). The molecular weight excluding hydrogens is 438 g/mol. The normalized spacial score (nSPS) is 17.5. The SMILES string of the molecule is COC(OC)c1ccc(C(OC)OC)c2c1C=C[C@H](c1ccccc1)[C@H]2n1[nH]c(=O)n(C)c1=O. The van der Waals surface area contributed by atoms with Gasteiger partial charge < -0.3 is 18.9 Å². The van der Waals surface area contributed by atoms with E-state index in [9.17, 15) is 9.59 Å². The lowest BCUT2D eigenvalue weighted by molar-refractivity contribution is -0.109. The zero-order valence-electron chi connectivity index (χ0n) is 19.8. The molecule has 0 amide bonds. The second-order valence-corrected chi connectivity index (χ2v) is 8.05. The number of fused-ring (bicyclic) bond motifs is 1. The molecule has 0 saturated heterocycles. The summed E-state index contributed by atoms with van der Waals surface area (Å²) in [6.45, 7) is 0. The van der Waals surface area contributed by atoms with E-state index >= 15 is 0 Å².